The average molecular weight is 354 g/mol. The first-order valence-electron chi connectivity index (χ1n) is 6.69. The summed E-state index contributed by atoms with van der Waals surface area (Å²) in [7, 11) is -0.804. The Kier molecular flexibility index (Phi) is 5.82. The lowest BCUT2D eigenvalue weighted by Crippen LogP contribution is -2.26. The SMILES string of the molecule is CN(SN(C)P(=O)(Oc1ccccc1)c1ccccc1)C(=O)F. The minimum Gasteiger partial charge on any atom is -0.429 e. The van der Waals surface area contributed by atoms with Crippen LogP contribution in [0.25, 0.3) is 0 Å². The molecule has 122 valence electrons. The molecular formula is C15H16FN2O3PS. The molecule has 2 aromatic rings. The van der Waals surface area contributed by atoms with Crippen LogP contribution in [0.2, 0.25) is 0 Å². The van der Waals surface area contributed by atoms with Crippen LogP contribution in [0.5, 0.6) is 5.75 Å². The Hall–Kier alpha value is -1.82. The topological polar surface area (TPSA) is 49.9 Å². The van der Waals surface area contributed by atoms with Gasteiger partial charge in [-0.2, -0.15) is 0 Å². The molecule has 0 aliphatic carbocycles. The van der Waals surface area contributed by atoms with Crippen LogP contribution >= 0.6 is 19.7 Å². The highest BCUT2D eigenvalue weighted by atomic mass is 32.2. The van der Waals surface area contributed by atoms with E-state index in [1.54, 1.807) is 54.6 Å². The molecule has 0 aromatic heterocycles. The molecule has 0 aliphatic heterocycles. The first-order valence-corrected chi connectivity index (χ1v) is 9.00. The van der Waals surface area contributed by atoms with Crippen molar-refractivity contribution in [3.8, 4) is 5.75 Å². The molecule has 1 unspecified atom stereocenters. The Labute approximate surface area is 138 Å². The molecule has 1 atom stereocenters. The molecule has 0 saturated carbocycles. The van der Waals surface area contributed by atoms with E-state index in [1.165, 1.54) is 18.2 Å². The first-order chi connectivity index (χ1) is 10.9. The standard InChI is InChI=1S/C15H16FN2O3PS/c1-17(15(16)19)23-18(2)22(20,14-11-7-4-8-12-14)21-13-9-5-3-6-10-13/h3-12H,1-2H3. The molecule has 0 aliphatic rings. The highest BCUT2D eigenvalue weighted by Gasteiger charge is 2.35. The molecule has 1 amide bonds. The highest BCUT2D eigenvalue weighted by molar-refractivity contribution is 8.00. The predicted octanol–water partition coefficient (Wildman–Crippen LogP) is 4.10. The van der Waals surface area contributed by atoms with Gasteiger partial charge in [0.25, 0.3) is 0 Å². The van der Waals surface area contributed by atoms with Crippen molar-refractivity contribution in [2.75, 3.05) is 14.1 Å². The van der Waals surface area contributed by atoms with Crippen molar-refractivity contribution in [2.45, 2.75) is 0 Å². The van der Waals surface area contributed by atoms with E-state index in [2.05, 4.69) is 0 Å². The van der Waals surface area contributed by atoms with E-state index < -0.39 is 13.7 Å². The molecule has 0 bridgehead atoms. The summed E-state index contributed by atoms with van der Waals surface area (Å²) in [4.78, 5) is 10.8. The van der Waals surface area contributed by atoms with Crippen molar-refractivity contribution in [3.05, 3.63) is 60.7 Å². The second-order valence-electron chi connectivity index (χ2n) is 4.56. The lowest BCUT2D eigenvalue weighted by molar-refractivity contribution is 0.209. The number of benzene rings is 2. The third-order valence-corrected chi connectivity index (χ3v) is 6.55. The zero-order valence-electron chi connectivity index (χ0n) is 12.6. The Balaban J connectivity index is 2.35. The maximum atomic E-state index is 13.5. The molecule has 5 nitrogen and oxygen atoms in total. The second-order valence-corrected chi connectivity index (χ2v) is 8.43. The molecule has 23 heavy (non-hydrogen) atoms. The smallest absolute Gasteiger partial charge is 0.410 e. The van der Waals surface area contributed by atoms with Gasteiger partial charge < -0.3 is 4.52 Å². The van der Waals surface area contributed by atoms with Crippen molar-refractivity contribution in [3.63, 3.8) is 0 Å². The van der Waals surface area contributed by atoms with Crippen LogP contribution in [0.1, 0.15) is 0 Å². The monoisotopic (exact) mass is 354 g/mol. The molecule has 0 saturated heterocycles. The van der Waals surface area contributed by atoms with Crippen LogP contribution in [0, 0.1) is 0 Å². The Bertz CT molecular complexity index is 702. The molecule has 0 spiro atoms. The van der Waals surface area contributed by atoms with E-state index in [0.717, 1.165) is 4.31 Å². The molecule has 0 N–H and O–H groups in total. The summed E-state index contributed by atoms with van der Waals surface area (Å²) < 4.78 is 34.0. The van der Waals surface area contributed by atoms with Gasteiger partial charge in [-0.15, -0.1) is 8.47 Å². The fourth-order valence-electron chi connectivity index (χ4n) is 1.77. The molecular weight excluding hydrogens is 338 g/mol. The number of hydrogen-bond donors (Lipinski definition) is 0. The summed E-state index contributed by atoms with van der Waals surface area (Å²) in [6.45, 7) is 0. The molecule has 0 heterocycles. The molecule has 0 radical (unpaired) electrons. The number of amides is 1. The maximum absolute atomic E-state index is 13.5. The first kappa shape index (κ1) is 17.5. The van der Waals surface area contributed by atoms with Gasteiger partial charge in [-0.1, -0.05) is 36.4 Å². The zero-order valence-corrected chi connectivity index (χ0v) is 14.3. The Morgan fingerprint density at radius 3 is 2.09 bits per heavy atom. The van der Waals surface area contributed by atoms with E-state index in [0.29, 0.717) is 23.2 Å². The van der Waals surface area contributed by atoms with Crippen LogP contribution in [0.15, 0.2) is 60.7 Å². The van der Waals surface area contributed by atoms with Gasteiger partial charge in [0.1, 0.15) is 5.75 Å². The van der Waals surface area contributed by atoms with Gasteiger partial charge >= 0.3 is 13.7 Å². The van der Waals surface area contributed by atoms with Gasteiger partial charge in [0.2, 0.25) is 0 Å². The average Bonchev–Trinajstić information content (AvgIpc) is 2.56. The summed E-state index contributed by atoms with van der Waals surface area (Å²) in [6, 6.07) is 17.3. The molecule has 8 heteroatoms. The number of rotatable bonds is 6. The largest absolute Gasteiger partial charge is 0.429 e. The highest BCUT2D eigenvalue weighted by Crippen LogP contribution is 2.52. The van der Waals surface area contributed by atoms with Gasteiger partial charge in [-0.05, 0) is 24.3 Å². The van der Waals surface area contributed by atoms with Crippen LogP contribution in [-0.4, -0.2) is 28.6 Å². The Morgan fingerprint density at radius 1 is 1.04 bits per heavy atom. The number of carbonyl (C=O) groups is 1. The second kappa shape index (κ2) is 7.64. The van der Waals surface area contributed by atoms with E-state index in [4.69, 9.17) is 4.52 Å². The third-order valence-electron chi connectivity index (χ3n) is 2.91. The summed E-state index contributed by atoms with van der Waals surface area (Å²) >= 11 is 0.683. The van der Waals surface area contributed by atoms with E-state index in [-0.39, 0.29) is 0 Å². The van der Waals surface area contributed by atoms with Crippen molar-refractivity contribution in [2.24, 2.45) is 0 Å². The van der Waals surface area contributed by atoms with Crippen molar-refractivity contribution in [1.82, 2.24) is 8.38 Å². The van der Waals surface area contributed by atoms with Gasteiger partial charge in [-0.3, -0.25) is 4.57 Å². The van der Waals surface area contributed by atoms with Crippen LogP contribution in [0.3, 0.4) is 0 Å². The quantitative estimate of drug-likeness (QED) is 0.338. The zero-order chi connectivity index (χ0) is 16.9. The lowest BCUT2D eigenvalue weighted by atomic mass is 10.3. The number of carbonyl (C=O) groups excluding carboxylic acids is 1. The summed E-state index contributed by atoms with van der Waals surface area (Å²) in [5, 5.41) is 0.443. The van der Waals surface area contributed by atoms with E-state index in [1.807, 2.05) is 6.07 Å². The number of nitrogens with zero attached hydrogens (tertiary/aromatic N) is 2. The number of halogens is 1. The summed E-state index contributed by atoms with van der Waals surface area (Å²) in [6.07, 6.45) is -1.64. The summed E-state index contributed by atoms with van der Waals surface area (Å²) in [5.41, 5.74) is 0. The Morgan fingerprint density at radius 2 is 1.57 bits per heavy atom. The summed E-state index contributed by atoms with van der Waals surface area (Å²) in [5.74, 6) is 0.418. The lowest BCUT2D eigenvalue weighted by Gasteiger charge is -2.28. The number of para-hydroxylation sites is 1. The van der Waals surface area contributed by atoms with Gasteiger partial charge in [-0.25, -0.2) is 9.10 Å². The van der Waals surface area contributed by atoms with Gasteiger partial charge in [0.05, 0.1) is 17.4 Å². The maximum Gasteiger partial charge on any atom is 0.410 e. The fraction of sp³-hybridized carbons (Fsp3) is 0.133. The van der Waals surface area contributed by atoms with Crippen molar-refractivity contribution in [1.29, 1.82) is 0 Å². The molecule has 2 rings (SSSR count). The van der Waals surface area contributed by atoms with E-state index in [9.17, 15) is 13.8 Å². The van der Waals surface area contributed by atoms with Gasteiger partial charge in [0.15, 0.2) is 0 Å². The predicted molar refractivity (Wildman–Crippen MR) is 90.4 cm³/mol. The van der Waals surface area contributed by atoms with E-state index >= 15 is 0 Å². The molecule has 2 aromatic carbocycles. The minimum atomic E-state index is -3.54. The van der Waals surface area contributed by atoms with Gasteiger partial charge in [0, 0.05) is 14.1 Å². The third kappa shape index (κ3) is 4.34. The van der Waals surface area contributed by atoms with Crippen molar-refractivity contribution >= 4 is 31.1 Å². The normalized spacial score (nSPS) is 13.4. The molecule has 0 fully saturated rings. The van der Waals surface area contributed by atoms with Crippen molar-refractivity contribution < 1.29 is 18.3 Å². The van der Waals surface area contributed by atoms with Crippen LogP contribution in [0.4, 0.5) is 9.18 Å². The van der Waals surface area contributed by atoms with Crippen LogP contribution in [-0.2, 0) is 4.57 Å². The minimum absolute atomic E-state index is 0.418. The fourth-order valence-corrected chi connectivity index (χ4v) is 4.79. The van der Waals surface area contributed by atoms with Crippen LogP contribution < -0.4 is 9.83 Å². The number of hydrogen-bond acceptors (Lipinski definition) is 4.